The van der Waals surface area contributed by atoms with Crippen molar-refractivity contribution in [2.24, 2.45) is 0 Å². The Labute approximate surface area is 67.7 Å². The van der Waals surface area contributed by atoms with Gasteiger partial charge in [-0.25, -0.2) is 8.78 Å². The molecule has 0 aliphatic carbocycles. The average Bonchev–Trinajstić information content (AvgIpc) is 1.85. The summed E-state index contributed by atoms with van der Waals surface area (Å²) >= 11 is 3.71. The van der Waals surface area contributed by atoms with Crippen LogP contribution in [-0.2, 0) is 0 Å². The van der Waals surface area contributed by atoms with Crippen LogP contribution in [0.2, 0.25) is 0 Å². The van der Waals surface area contributed by atoms with Crippen LogP contribution < -0.4 is 0 Å². The highest BCUT2D eigenvalue weighted by Gasteiger charge is 2.06. The van der Waals surface area contributed by atoms with Gasteiger partial charge in [0.25, 0.3) is 0 Å². The third-order valence-corrected chi connectivity index (χ3v) is 1.50. The molecule has 0 spiro atoms. The second-order valence-corrected chi connectivity index (χ2v) is 2.38. The van der Waals surface area contributed by atoms with Crippen molar-refractivity contribution >= 4 is 12.6 Å². The van der Waals surface area contributed by atoms with Gasteiger partial charge in [0.2, 0.25) is 0 Å². The maximum atomic E-state index is 12.6. The molecule has 1 aromatic rings. The third-order valence-electron chi connectivity index (χ3n) is 1.15. The number of nitriles is 1. The Kier molecular flexibility index (Phi) is 2.11. The van der Waals surface area contributed by atoms with E-state index in [0.717, 1.165) is 6.07 Å². The Morgan fingerprint density at radius 2 is 2.00 bits per heavy atom. The lowest BCUT2D eigenvalue weighted by atomic mass is 10.2. The van der Waals surface area contributed by atoms with Crippen LogP contribution in [-0.4, -0.2) is 0 Å². The molecule has 0 amide bonds. The summed E-state index contributed by atoms with van der Waals surface area (Å²) in [7, 11) is 0. The van der Waals surface area contributed by atoms with Crippen molar-refractivity contribution in [2.75, 3.05) is 0 Å². The monoisotopic (exact) mass is 171 g/mol. The molecule has 1 nitrogen and oxygen atoms in total. The first-order valence-corrected chi connectivity index (χ1v) is 3.18. The Bertz CT molecular complexity index is 307. The lowest BCUT2D eigenvalue weighted by Crippen LogP contribution is -1.87. The van der Waals surface area contributed by atoms with E-state index in [1.165, 1.54) is 0 Å². The first kappa shape index (κ1) is 8.02. The summed E-state index contributed by atoms with van der Waals surface area (Å²) in [6.45, 7) is 0. The summed E-state index contributed by atoms with van der Waals surface area (Å²) in [5.74, 6) is -1.61. The summed E-state index contributed by atoms with van der Waals surface area (Å²) in [5.41, 5.74) is -0.227. The van der Waals surface area contributed by atoms with Crippen LogP contribution in [0.15, 0.2) is 17.0 Å². The van der Waals surface area contributed by atoms with Gasteiger partial charge in [-0.1, -0.05) is 0 Å². The van der Waals surface area contributed by atoms with Crippen molar-refractivity contribution in [3.63, 3.8) is 0 Å². The Balaban J connectivity index is 3.40. The molecule has 11 heavy (non-hydrogen) atoms. The largest absolute Gasteiger partial charge is 0.207 e. The molecule has 0 unspecified atom stereocenters. The van der Waals surface area contributed by atoms with Crippen LogP contribution in [0.25, 0.3) is 0 Å². The zero-order chi connectivity index (χ0) is 8.43. The maximum Gasteiger partial charge on any atom is 0.145 e. The van der Waals surface area contributed by atoms with Crippen LogP contribution in [0, 0.1) is 23.0 Å². The van der Waals surface area contributed by atoms with E-state index in [-0.39, 0.29) is 10.5 Å². The van der Waals surface area contributed by atoms with Gasteiger partial charge in [0.1, 0.15) is 23.3 Å². The molecule has 4 heteroatoms. The second-order valence-electron chi connectivity index (χ2n) is 1.89. The number of thiol groups is 1. The van der Waals surface area contributed by atoms with Gasteiger partial charge in [0, 0.05) is 11.0 Å². The predicted molar refractivity (Wildman–Crippen MR) is 38.3 cm³/mol. The first-order valence-electron chi connectivity index (χ1n) is 2.73. The summed E-state index contributed by atoms with van der Waals surface area (Å²) in [6, 6.07) is 3.21. The quantitative estimate of drug-likeness (QED) is 0.594. The molecular formula is C7H3F2NS. The standard InChI is InChI=1S/C7H3F2NS/c8-4-1-6(9)5(3-10)7(11)2-4/h1-2,11H. The molecule has 0 saturated heterocycles. The van der Waals surface area contributed by atoms with Crippen LogP contribution in [0.4, 0.5) is 8.78 Å². The van der Waals surface area contributed by atoms with Crippen molar-refractivity contribution in [1.82, 2.24) is 0 Å². The summed E-state index contributed by atoms with van der Waals surface area (Å²) < 4.78 is 24.9. The molecule has 0 bridgehead atoms. The van der Waals surface area contributed by atoms with E-state index in [9.17, 15) is 8.78 Å². The van der Waals surface area contributed by atoms with Crippen molar-refractivity contribution < 1.29 is 8.78 Å². The Hall–Kier alpha value is -1.08. The number of halogens is 2. The van der Waals surface area contributed by atoms with Gasteiger partial charge >= 0.3 is 0 Å². The van der Waals surface area contributed by atoms with E-state index in [4.69, 9.17) is 5.26 Å². The van der Waals surface area contributed by atoms with Crippen molar-refractivity contribution in [2.45, 2.75) is 4.90 Å². The van der Waals surface area contributed by atoms with E-state index in [1.54, 1.807) is 6.07 Å². The van der Waals surface area contributed by atoms with Gasteiger partial charge in [0.05, 0.1) is 0 Å². The topological polar surface area (TPSA) is 23.8 Å². The fourth-order valence-corrected chi connectivity index (χ4v) is 0.951. The van der Waals surface area contributed by atoms with Crippen molar-refractivity contribution in [3.05, 3.63) is 29.3 Å². The molecule has 0 radical (unpaired) electrons. The van der Waals surface area contributed by atoms with Gasteiger partial charge in [-0.3, -0.25) is 0 Å². The Morgan fingerprint density at radius 1 is 1.36 bits per heavy atom. The van der Waals surface area contributed by atoms with Crippen molar-refractivity contribution in [3.8, 4) is 6.07 Å². The van der Waals surface area contributed by atoms with Gasteiger partial charge in [-0.05, 0) is 6.07 Å². The molecule has 0 fully saturated rings. The first-order chi connectivity index (χ1) is 5.15. The molecular weight excluding hydrogens is 168 g/mol. The van der Waals surface area contributed by atoms with E-state index >= 15 is 0 Å². The molecule has 0 N–H and O–H groups in total. The van der Waals surface area contributed by atoms with Gasteiger partial charge < -0.3 is 0 Å². The van der Waals surface area contributed by atoms with Crippen molar-refractivity contribution in [1.29, 1.82) is 5.26 Å². The number of hydrogen-bond donors (Lipinski definition) is 1. The highest BCUT2D eigenvalue weighted by molar-refractivity contribution is 7.80. The molecule has 0 aliphatic rings. The average molecular weight is 171 g/mol. The molecule has 1 aromatic carbocycles. The van der Waals surface area contributed by atoms with E-state index in [2.05, 4.69) is 12.6 Å². The third kappa shape index (κ3) is 1.49. The maximum absolute atomic E-state index is 12.6. The minimum Gasteiger partial charge on any atom is -0.207 e. The van der Waals surface area contributed by atoms with Crippen LogP contribution in [0.3, 0.4) is 0 Å². The zero-order valence-electron chi connectivity index (χ0n) is 5.31. The predicted octanol–water partition coefficient (Wildman–Crippen LogP) is 2.13. The number of rotatable bonds is 0. The van der Waals surface area contributed by atoms with Crippen LogP contribution in [0.5, 0.6) is 0 Å². The fourth-order valence-electron chi connectivity index (χ4n) is 0.671. The lowest BCUT2D eigenvalue weighted by molar-refractivity contribution is 0.575. The van der Waals surface area contributed by atoms with E-state index < -0.39 is 11.6 Å². The van der Waals surface area contributed by atoms with Crippen LogP contribution >= 0.6 is 12.6 Å². The minimum atomic E-state index is -0.877. The highest BCUT2D eigenvalue weighted by Crippen LogP contribution is 2.17. The molecule has 1 rings (SSSR count). The second kappa shape index (κ2) is 2.89. The molecule has 0 aromatic heterocycles. The minimum absolute atomic E-state index is 0.0185. The SMILES string of the molecule is N#Cc1c(F)cc(F)cc1S. The van der Waals surface area contributed by atoms with Gasteiger partial charge in [-0.15, -0.1) is 12.6 Å². The molecule has 0 atom stereocenters. The zero-order valence-corrected chi connectivity index (χ0v) is 6.20. The van der Waals surface area contributed by atoms with Crippen LogP contribution in [0.1, 0.15) is 5.56 Å². The summed E-state index contributed by atoms with van der Waals surface area (Å²) in [6.07, 6.45) is 0. The van der Waals surface area contributed by atoms with Gasteiger partial charge in [-0.2, -0.15) is 5.26 Å². The summed E-state index contributed by atoms with van der Waals surface area (Å²) in [5, 5.41) is 8.33. The molecule has 0 heterocycles. The summed E-state index contributed by atoms with van der Waals surface area (Å²) in [4.78, 5) is 0.0185. The van der Waals surface area contributed by atoms with E-state index in [0.29, 0.717) is 6.07 Å². The van der Waals surface area contributed by atoms with E-state index in [1.807, 2.05) is 0 Å². The number of nitrogens with zero attached hydrogens (tertiary/aromatic N) is 1. The normalized spacial score (nSPS) is 9.27. The highest BCUT2D eigenvalue weighted by atomic mass is 32.1. The number of hydrogen-bond acceptors (Lipinski definition) is 2. The molecule has 0 aliphatic heterocycles. The lowest BCUT2D eigenvalue weighted by Gasteiger charge is -1.96. The molecule has 0 saturated carbocycles. The smallest absolute Gasteiger partial charge is 0.145 e. The number of benzene rings is 1. The van der Waals surface area contributed by atoms with Gasteiger partial charge in [0.15, 0.2) is 0 Å². The fraction of sp³-hybridized carbons (Fsp3) is 0. The molecule has 56 valence electrons. The Morgan fingerprint density at radius 3 is 2.45 bits per heavy atom.